The fourth-order valence-corrected chi connectivity index (χ4v) is 7.98. The van der Waals surface area contributed by atoms with Crippen LogP contribution in [0.4, 0.5) is 9.59 Å². The van der Waals surface area contributed by atoms with Crippen LogP contribution in [0.5, 0.6) is 5.75 Å². The molecule has 276 valence electrons. The predicted octanol–water partition coefficient (Wildman–Crippen LogP) is 3.66. The molecule has 3 aromatic carbocycles. The Kier molecular flexibility index (Phi) is 10.8. The Bertz CT molecular complexity index is 2020. The Hall–Kier alpha value is -5.64. The number of nitrogens with one attached hydrogen (secondary N) is 4. The second kappa shape index (κ2) is 14.9. The molecular formula is C36H40N4O11S. The summed E-state index contributed by atoms with van der Waals surface area (Å²) in [5.41, 5.74) is 9.84. The van der Waals surface area contributed by atoms with Gasteiger partial charge < -0.3 is 29.4 Å². The number of fused-ring (bicyclic) bond motifs is 4. The molecule has 3 aromatic rings. The van der Waals surface area contributed by atoms with Crippen LogP contribution in [0.2, 0.25) is 0 Å². The average molecular weight is 737 g/mol. The van der Waals surface area contributed by atoms with Gasteiger partial charge in [-0.2, -0.15) is 8.42 Å². The number of carbonyl (C=O) groups is 5. The lowest BCUT2D eigenvalue weighted by Crippen LogP contribution is -2.53. The van der Waals surface area contributed by atoms with Crippen molar-refractivity contribution < 1.29 is 51.2 Å². The smallest absolute Gasteiger partial charge is 0.426 e. The molecule has 0 saturated heterocycles. The molecule has 1 aliphatic carbocycles. The van der Waals surface area contributed by atoms with E-state index in [1.54, 1.807) is 20.8 Å². The lowest BCUT2D eigenvalue weighted by molar-refractivity contribution is -0.151. The predicted molar refractivity (Wildman–Crippen MR) is 186 cm³/mol. The van der Waals surface area contributed by atoms with Crippen LogP contribution in [0.15, 0.2) is 53.4 Å². The summed E-state index contributed by atoms with van der Waals surface area (Å²) in [7, 11) is -4.56. The van der Waals surface area contributed by atoms with E-state index >= 15 is 0 Å². The summed E-state index contributed by atoms with van der Waals surface area (Å²) in [4.78, 5) is 60.9. The topological polar surface area (TPSA) is 216 Å². The van der Waals surface area contributed by atoms with E-state index in [-0.39, 0.29) is 36.8 Å². The maximum absolute atomic E-state index is 13.2. The van der Waals surface area contributed by atoms with E-state index < -0.39 is 51.7 Å². The van der Waals surface area contributed by atoms with Gasteiger partial charge >= 0.3 is 34.2 Å². The first kappa shape index (κ1) is 37.6. The number of rotatable bonds is 10. The van der Waals surface area contributed by atoms with Gasteiger partial charge in [-0.1, -0.05) is 48.5 Å². The molecule has 0 fully saturated rings. The zero-order chi connectivity index (χ0) is 38.0. The summed E-state index contributed by atoms with van der Waals surface area (Å²) in [5, 5.41) is 13.4. The molecule has 0 bridgehead atoms. The first-order valence-electron chi connectivity index (χ1n) is 16.5. The van der Waals surface area contributed by atoms with Crippen molar-refractivity contribution in [1.29, 1.82) is 0 Å². The summed E-state index contributed by atoms with van der Waals surface area (Å²) in [5.74, 6) is -3.93. The number of benzene rings is 3. The van der Waals surface area contributed by atoms with Crippen LogP contribution >= 0.6 is 0 Å². The van der Waals surface area contributed by atoms with E-state index in [4.69, 9.17) is 18.8 Å². The third-order valence-corrected chi connectivity index (χ3v) is 10.6. The van der Waals surface area contributed by atoms with Gasteiger partial charge in [0, 0.05) is 24.4 Å². The molecule has 5 rings (SSSR count). The van der Waals surface area contributed by atoms with Gasteiger partial charge in [0.05, 0.1) is 0 Å². The number of carbonyl (C=O) groups excluding carboxylic acids is 4. The standard InChI is InChI=1S/C36H40N4O11S/c1-19-20(2)30(21(3)26-17-36(4,5)50-29(19)26)52(47,48)51-34(45)37-16-10-15-28(38-32(42)33(43)44)31(41)39-40-35(46)49-18-27-24-13-8-6-11-22(24)23-12-7-9-14-25(23)27/h6-9,11-14,27-28H,10,15-18H2,1-5H3,(H,37,45)(H,38,42)(H,39,41)(H,40,46)(H,43,44)/t28-/m1/s1. The molecule has 0 aromatic heterocycles. The van der Waals surface area contributed by atoms with Gasteiger partial charge in [0.25, 0.3) is 5.91 Å². The minimum atomic E-state index is -4.56. The number of hydrazine groups is 1. The second-order valence-electron chi connectivity index (χ2n) is 13.2. The van der Waals surface area contributed by atoms with E-state index in [2.05, 4.69) is 16.2 Å². The van der Waals surface area contributed by atoms with Gasteiger partial charge in [-0.05, 0) is 86.4 Å². The van der Waals surface area contributed by atoms with E-state index in [1.807, 2.05) is 67.7 Å². The zero-order valence-electron chi connectivity index (χ0n) is 29.2. The van der Waals surface area contributed by atoms with E-state index in [9.17, 15) is 32.4 Å². The van der Waals surface area contributed by atoms with Crippen molar-refractivity contribution in [3.8, 4) is 16.9 Å². The quantitative estimate of drug-likeness (QED) is 0.0876. The molecule has 0 spiro atoms. The van der Waals surface area contributed by atoms with Crippen molar-refractivity contribution in [3.05, 3.63) is 81.9 Å². The first-order valence-corrected chi connectivity index (χ1v) is 17.9. The Morgan fingerprint density at radius 2 is 1.52 bits per heavy atom. The van der Waals surface area contributed by atoms with Crippen molar-refractivity contribution in [2.45, 2.75) is 76.3 Å². The van der Waals surface area contributed by atoms with Crippen LogP contribution in [-0.4, -0.2) is 68.3 Å². The normalized spacial score (nSPS) is 14.5. The van der Waals surface area contributed by atoms with Gasteiger partial charge in [0.1, 0.15) is 28.9 Å². The van der Waals surface area contributed by atoms with Gasteiger partial charge in [-0.25, -0.2) is 19.8 Å². The second-order valence-corrected chi connectivity index (χ2v) is 14.7. The SMILES string of the molecule is Cc1c(C)c(S(=O)(=O)OC(=O)NCCC[C@@H](NC(=O)C(=O)O)C(=O)NNC(=O)OCC2c3ccccc3-c3ccccc32)c(C)c2c1OC(C)(C)C2. The molecule has 1 aliphatic heterocycles. The lowest BCUT2D eigenvalue weighted by atomic mass is 9.94. The van der Waals surface area contributed by atoms with Gasteiger partial charge in [-0.3, -0.25) is 15.0 Å². The highest BCUT2D eigenvalue weighted by molar-refractivity contribution is 7.87. The van der Waals surface area contributed by atoms with Gasteiger partial charge in [0.2, 0.25) is 0 Å². The molecule has 1 atom stereocenters. The number of ether oxygens (including phenoxy) is 2. The van der Waals surface area contributed by atoms with Crippen LogP contribution in [0.1, 0.15) is 66.0 Å². The van der Waals surface area contributed by atoms with Crippen LogP contribution in [0, 0.1) is 20.8 Å². The van der Waals surface area contributed by atoms with E-state index in [0.29, 0.717) is 28.9 Å². The van der Waals surface area contributed by atoms with Gasteiger partial charge in [-0.15, -0.1) is 0 Å². The number of carboxylic acids is 1. The minimum absolute atomic E-state index is 0.0375. The lowest BCUT2D eigenvalue weighted by Gasteiger charge is -2.19. The zero-order valence-corrected chi connectivity index (χ0v) is 30.1. The molecule has 15 nitrogen and oxygen atoms in total. The Morgan fingerprint density at radius 3 is 2.13 bits per heavy atom. The molecule has 4 amide bonds. The Labute approximate surface area is 300 Å². The number of amides is 4. The third-order valence-electron chi connectivity index (χ3n) is 9.11. The first-order chi connectivity index (χ1) is 24.5. The van der Waals surface area contributed by atoms with Crippen LogP contribution in [-0.2, 0) is 39.8 Å². The highest BCUT2D eigenvalue weighted by atomic mass is 32.2. The number of hydrogen-bond donors (Lipinski definition) is 5. The molecule has 5 N–H and O–H groups in total. The van der Waals surface area contributed by atoms with Crippen molar-refractivity contribution >= 4 is 40.1 Å². The third kappa shape index (κ3) is 7.96. The summed E-state index contributed by atoms with van der Waals surface area (Å²) >= 11 is 0. The van der Waals surface area contributed by atoms with Crippen molar-refractivity contribution in [1.82, 2.24) is 21.5 Å². The van der Waals surface area contributed by atoms with Gasteiger partial charge in [0.15, 0.2) is 0 Å². The molecule has 16 heteroatoms. The number of hydrogen-bond acceptors (Lipinski definition) is 10. The highest BCUT2D eigenvalue weighted by Crippen LogP contribution is 2.45. The molecule has 0 radical (unpaired) electrons. The minimum Gasteiger partial charge on any atom is -0.487 e. The average Bonchev–Trinajstić information content (AvgIpc) is 3.60. The molecule has 0 saturated carbocycles. The van der Waals surface area contributed by atoms with Crippen molar-refractivity contribution in [2.24, 2.45) is 0 Å². The summed E-state index contributed by atoms with van der Waals surface area (Å²) in [6, 6.07) is 14.0. The van der Waals surface area contributed by atoms with Crippen molar-refractivity contribution in [3.63, 3.8) is 0 Å². The van der Waals surface area contributed by atoms with Crippen LogP contribution < -0.4 is 26.2 Å². The molecular weight excluding hydrogens is 696 g/mol. The summed E-state index contributed by atoms with van der Waals surface area (Å²) in [6.07, 6.45) is -2.06. The molecule has 2 aliphatic rings. The largest absolute Gasteiger partial charge is 0.487 e. The number of carboxylic acid groups (broad SMARTS) is 1. The summed E-state index contributed by atoms with van der Waals surface area (Å²) in [6.45, 7) is 8.49. The van der Waals surface area contributed by atoms with Crippen molar-refractivity contribution in [2.75, 3.05) is 13.2 Å². The monoisotopic (exact) mass is 736 g/mol. The fourth-order valence-electron chi connectivity index (χ4n) is 6.61. The summed E-state index contributed by atoms with van der Waals surface area (Å²) < 4.78 is 42.7. The molecule has 1 heterocycles. The Balaban J connectivity index is 1.13. The molecule has 0 unspecified atom stereocenters. The highest BCUT2D eigenvalue weighted by Gasteiger charge is 2.38. The maximum Gasteiger partial charge on any atom is 0.426 e. The van der Waals surface area contributed by atoms with Crippen LogP contribution in [0.25, 0.3) is 11.1 Å². The molecule has 52 heavy (non-hydrogen) atoms. The fraction of sp³-hybridized carbons (Fsp3) is 0.361. The maximum atomic E-state index is 13.2. The number of aliphatic carboxylic acids is 1. The Morgan fingerprint density at radius 1 is 0.904 bits per heavy atom. The van der Waals surface area contributed by atoms with Crippen LogP contribution in [0.3, 0.4) is 0 Å². The van der Waals surface area contributed by atoms with E-state index in [0.717, 1.165) is 27.8 Å². The van der Waals surface area contributed by atoms with E-state index in [1.165, 1.54) is 0 Å².